The van der Waals surface area contributed by atoms with Crippen LogP contribution in [0, 0.1) is 0 Å². The molecule has 1 aromatic rings. The van der Waals surface area contributed by atoms with Crippen molar-refractivity contribution in [2.45, 2.75) is 20.0 Å². The average molecular weight is 258 g/mol. The minimum absolute atomic E-state index is 0.147. The predicted octanol–water partition coefficient (Wildman–Crippen LogP) is 2.24. The molecule has 17 heavy (non-hydrogen) atoms. The molecule has 0 aromatic heterocycles. The van der Waals surface area contributed by atoms with Crippen LogP contribution in [0.4, 0.5) is 0 Å². The van der Waals surface area contributed by atoms with Crippen molar-refractivity contribution in [1.29, 1.82) is 0 Å². The van der Waals surface area contributed by atoms with Crippen molar-refractivity contribution < 1.29 is 14.3 Å². The number of primary amides is 1. The minimum atomic E-state index is -0.540. The zero-order valence-corrected chi connectivity index (χ0v) is 10.7. The maximum atomic E-state index is 11.1. The second kappa shape index (κ2) is 6.47. The Labute approximate surface area is 106 Å². The van der Waals surface area contributed by atoms with E-state index in [-0.39, 0.29) is 6.10 Å². The summed E-state index contributed by atoms with van der Waals surface area (Å²) in [6.45, 7) is 4.67. The van der Waals surface area contributed by atoms with Crippen molar-refractivity contribution in [2.24, 2.45) is 5.73 Å². The van der Waals surface area contributed by atoms with E-state index in [4.69, 9.17) is 26.8 Å². The molecule has 2 N–H and O–H groups in total. The lowest BCUT2D eigenvalue weighted by molar-refractivity contribution is 0.0549. The Kier molecular flexibility index (Phi) is 5.25. The molecule has 4 nitrogen and oxygen atoms in total. The highest BCUT2D eigenvalue weighted by Gasteiger charge is 2.09. The smallest absolute Gasteiger partial charge is 0.252 e. The van der Waals surface area contributed by atoms with Crippen LogP contribution in [0.15, 0.2) is 18.2 Å². The van der Waals surface area contributed by atoms with Gasteiger partial charge in [0.2, 0.25) is 0 Å². The van der Waals surface area contributed by atoms with Gasteiger partial charge in [-0.1, -0.05) is 11.6 Å². The Hall–Kier alpha value is -1.26. The van der Waals surface area contributed by atoms with E-state index in [1.54, 1.807) is 18.2 Å². The quantitative estimate of drug-likeness (QED) is 0.795. The Balaban J connectivity index is 2.62. The molecule has 0 aliphatic rings. The summed E-state index contributed by atoms with van der Waals surface area (Å²) in [6, 6.07) is 4.71. The van der Waals surface area contributed by atoms with Crippen molar-refractivity contribution in [1.82, 2.24) is 0 Å². The monoisotopic (exact) mass is 257 g/mol. The number of halogens is 1. The first-order valence-corrected chi connectivity index (χ1v) is 5.72. The van der Waals surface area contributed by atoms with Crippen LogP contribution in [0.5, 0.6) is 5.75 Å². The van der Waals surface area contributed by atoms with Gasteiger partial charge in [0.05, 0.1) is 18.3 Å². The molecule has 0 radical (unpaired) electrons. The topological polar surface area (TPSA) is 61.6 Å². The number of carbonyl (C=O) groups excluding carboxylic acids is 1. The first kappa shape index (κ1) is 13.8. The normalized spacial score (nSPS) is 10.6. The summed E-state index contributed by atoms with van der Waals surface area (Å²) >= 11 is 5.82. The largest absolute Gasteiger partial charge is 0.490 e. The molecule has 1 aromatic carbocycles. The van der Waals surface area contributed by atoms with Gasteiger partial charge in [-0.05, 0) is 32.0 Å². The van der Waals surface area contributed by atoms with Gasteiger partial charge in [-0.3, -0.25) is 4.79 Å². The standard InChI is InChI=1S/C12H16ClNO3/c1-8(2)16-5-6-17-11-7-9(13)3-4-10(11)12(14)15/h3-4,7-8H,5-6H2,1-2H3,(H2,14,15). The van der Waals surface area contributed by atoms with Gasteiger partial charge in [-0.15, -0.1) is 0 Å². The third-order valence-electron chi connectivity index (χ3n) is 2.00. The van der Waals surface area contributed by atoms with Crippen LogP contribution in [0.3, 0.4) is 0 Å². The van der Waals surface area contributed by atoms with E-state index in [9.17, 15) is 4.79 Å². The van der Waals surface area contributed by atoms with Crippen LogP contribution in [0.1, 0.15) is 24.2 Å². The van der Waals surface area contributed by atoms with E-state index < -0.39 is 5.91 Å². The molecule has 1 amide bonds. The second-order valence-electron chi connectivity index (χ2n) is 3.77. The molecule has 0 atom stereocenters. The number of hydrogen-bond donors (Lipinski definition) is 1. The third-order valence-corrected chi connectivity index (χ3v) is 2.24. The van der Waals surface area contributed by atoms with Crippen molar-refractivity contribution in [3.63, 3.8) is 0 Å². The lowest BCUT2D eigenvalue weighted by Gasteiger charge is -2.11. The zero-order chi connectivity index (χ0) is 12.8. The van der Waals surface area contributed by atoms with Gasteiger partial charge in [0.15, 0.2) is 0 Å². The van der Waals surface area contributed by atoms with Gasteiger partial charge in [0, 0.05) is 5.02 Å². The summed E-state index contributed by atoms with van der Waals surface area (Å²) in [5.41, 5.74) is 5.54. The third kappa shape index (κ3) is 4.63. The van der Waals surface area contributed by atoms with Crippen LogP contribution in [-0.4, -0.2) is 25.2 Å². The first-order chi connectivity index (χ1) is 8.00. The highest BCUT2D eigenvalue weighted by atomic mass is 35.5. The summed E-state index contributed by atoms with van der Waals surface area (Å²) in [5.74, 6) is -0.154. The molecule has 0 aliphatic heterocycles. The van der Waals surface area contributed by atoms with Gasteiger partial charge < -0.3 is 15.2 Å². The second-order valence-corrected chi connectivity index (χ2v) is 4.21. The number of nitrogens with two attached hydrogens (primary N) is 1. The number of rotatable bonds is 6. The lowest BCUT2D eigenvalue weighted by Crippen LogP contribution is -2.15. The van der Waals surface area contributed by atoms with Crippen molar-refractivity contribution in [3.8, 4) is 5.75 Å². The van der Waals surface area contributed by atoms with Gasteiger partial charge >= 0.3 is 0 Å². The van der Waals surface area contributed by atoms with E-state index in [2.05, 4.69) is 0 Å². The van der Waals surface area contributed by atoms with Crippen LogP contribution in [0.2, 0.25) is 5.02 Å². The van der Waals surface area contributed by atoms with E-state index in [0.717, 1.165) is 0 Å². The predicted molar refractivity (Wildman–Crippen MR) is 66.6 cm³/mol. The van der Waals surface area contributed by atoms with Gasteiger partial charge in [-0.25, -0.2) is 0 Å². The fraction of sp³-hybridized carbons (Fsp3) is 0.417. The van der Waals surface area contributed by atoms with E-state index in [1.165, 1.54) is 0 Å². The Morgan fingerprint density at radius 2 is 2.12 bits per heavy atom. The highest BCUT2D eigenvalue weighted by Crippen LogP contribution is 2.23. The van der Waals surface area contributed by atoms with Crippen molar-refractivity contribution >= 4 is 17.5 Å². The summed E-state index contributed by atoms with van der Waals surface area (Å²) < 4.78 is 10.7. The molecule has 0 heterocycles. The average Bonchev–Trinajstić information content (AvgIpc) is 2.23. The first-order valence-electron chi connectivity index (χ1n) is 5.34. The molecule has 0 spiro atoms. The van der Waals surface area contributed by atoms with Crippen molar-refractivity contribution in [2.75, 3.05) is 13.2 Å². The van der Waals surface area contributed by atoms with E-state index >= 15 is 0 Å². The fourth-order valence-electron chi connectivity index (χ4n) is 1.25. The summed E-state index contributed by atoms with van der Waals surface area (Å²) in [5, 5.41) is 0.495. The number of benzene rings is 1. The van der Waals surface area contributed by atoms with E-state index in [0.29, 0.717) is 29.5 Å². The van der Waals surface area contributed by atoms with E-state index in [1.807, 2.05) is 13.8 Å². The van der Waals surface area contributed by atoms with Gasteiger partial charge in [0.25, 0.3) is 5.91 Å². The van der Waals surface area contributed by atoms with Gasteiger partial charge in [0.1, 0.15) is 12.4 Å². The number of carbonyl (C=O) groups is 1. The Morgan fingerprint density at radius 3 is 2.71 bits per heavy atom. The van der Waals surface area contributed by atoms with Crippen LogP contribution >= 0.6 is 11.6 Å². The molecule has 94 valence electrons. The maximum absolute atomic E-state index is 11.1. The minimum Gasteiger partial charge on any atom is -0.490 e. The highest BCUT2D eigenvalue weighted by molar-refractivity contribution is 6.30. The zero-order valence-electron chi connectivity index (χ0n) is 9.90. The summed E-state index contributed by atoms with van der Waals surface area (Å²) in [7, 11) is 0. The molecule has 0 aliphatic carbocycles. The lowest BCUT2D eigenvalue weighted by atomic mass is 10.2. The Morgan fingerprint density at radius 1 is 1.41 bits per heavy atom. The maximum Gasteiger partial charge on any atom is 0.252 e. The molecular formula is C12H16ClNO3. The number of ether oxygens (including phenoxy) is 2. The van der Waals surface area contributed by atoms with Crippen LogP contribution in [-0.2, 0) is 4.74 Å². The summed E-state index contributed by atoms with van der Waals surface area (Å²) in [6.07, 6.45) is 0.147. The van der Waals surface area contributed by atoms with Crippen molar-refractivity contribution in [3.05, 3.63) is 28.8 Å². The Bertz CT molecular complexity index is 393. The number of amides is 1. The summed E-state index contributed by atoms with van der Waals surface area (Å²) in [4.78, 5) is 11.1. The molecule has 5 heteroatoms. The number of hydrogen-bond acceptors (Lipinski definition) is 3. The SMILES string of the molecule is CC(C)OCCOc1cc(Cl)ccc1C(N)=O. The fourth-order valence-corrected chi connectivity index (χ4v) is 1.42. The molecule has 0 saturated heterocycles. The van der Waals surface area contributed by atoms with Crippen LogP contribution < -0.4 is 10.5 Å². The molecule has 1 rings (SSSR count). The molecule has 0 unspecified atom stereocenters. The van der Waals surface area contributed by atoms with Gasteiger partial charge in [-0.2, -0.15) is 0 Å². The molecule has 0 saturated carbocycles. The molecular weight excluding hydrogens is 242 g/mol. The molecule has 0 bridgehead atoms. The molecule has 0 fully saturated rings. The van der Waals surface area contributed by atoms with Crippen LogP contribution in [0.25, 0.3) is 0 Å².